The van der Waals surface area contributed by atoms with Gasteiger partial charge in [0, 0.05) is 34.3 Å². The van der Waals surface area contributed by atoms with Crippen molar-refractivity contribution in [3.63, 3.8) is 0 Å². The number of thioether (sulfide) groups is 1. The van der Waals surface area contributed by atoms with Crippen LogP contribution < -0.4 is 10.2 Å². The van der Waals surface area contributed by atoms with Gasteiger partial charge in [0.2, 0.25) is 11.8 Å². The maximum Gasteiger partial charge on any atom is 0.255 e. The molecule has 5 rings (SSSR count). The maximum absolute atomic E-state index is 13.0. The smallest absolute Gasteiger partial charge is 0.255 e. The molecule has 1 fully saturated rings. The molecule has 0 bridgehead atoms. The highest BCUT2D eigenvalue weighted by molar-refractivity contribution is 8.00. The highest BCUT2D eigenvalue weighted by atomic mass is 32.2. The van der Waals surface area contributed by atoms with E-state index >= 15 is 0 Å². The number of carbonyl (C=O) groups excluding carboxylic acids is 3. The number of imide groups is 1. The minimum Gasteiger partial charge on any atom is -0.361 e. The van der Waals surface area contributed by atoms with Crippen LogP contribution in [-0.4, -0.2) is 28.0 Å². The zero-order valence-electron chi connectivity index (χ0n) is 17.9. The Kier molecular flexibility index (Phi) is 5.48. The summed E-state index contributed by atoms with van der Waals surface area (Å²) in [5, 5.41) is 3.43. The Morgan fingerprint density at radius 2 is 1.85 bits per heavy atom. The number of carbonyl (C=O) groups is 3. The molecule has 1 saturated heterocycles. The SMILES string of the molecule is Cc1cccc(C(=O)Nc2ccc(SC3CC(=O)N(c4ccc5cc[nH]c5c4)C3=O)cc2)c1. The van der Waals surface area contributed by atoms with Crippen molar-refractivity contribution in [3.8, 4) is 0 Å². The van der Waals surface area contributed by atoms with Crippen molar-refractivity contribution in [2.75, 3.05) is 10.2 Å². The first-order chi connectivity index (χ1) is 16.0. The van der Waals surface area contributed by atoms with E-state index in [4.69, 9.17) is 0 Å². The molecule has 0 saturated carbocycles. The van der Waals surface area contributed by atoms with Gasteiger partial charge in [-0.05, 0) is 66.9 Å². The van der Waals surface area contributed by atoms with Gasteiger partial charge in [-0.25, -0.2) is 4.90 Å². The van der Waals surface area contributed by atoms with Crippen LogP contribution in [0.4, 0.5) is 11.4 Å². The molecule has 2 heterocycles. The van der Waals surface area contributed by atoms with Crippen molar-refractivity contribution >= 4 is 51.8 Å². The average Bonchev–Trinajstić information content (AvgIpc) is 3.38. The summed E-state index contributed by atoms with van der Waals surface area (Å²) in [5.41, 5.74) is 3.75. The summed E-state index contributed by atoms with van der Waals surface area (Å²) < 4.78 is 0. The Morgan fingerprint density at radius 1 is 1.03 bits per heavy atom. The number of nitrogens with one attached hydrogen (secondary N) is 2. The Balaban J connectivity index is 1.26. The van der Waals surface area contributed by atoms with Crippen molar-refractivity contribution in [2.45, 2.75) is 23.5 Å². The van der Waals surface area contributed by atoms with Gasteiger partial charge >= 0.3 is 0 Å². The Morgan fingerprint density at radius 3 is 2.64 bits per heavy atom. The van der Waals surface area contributed by atoms with Crippen LogP contribution in [0.2, 0.25) is 0 Å². The van der Waals surface area contributed by atoms with E-state index < -0.39 is 5.25 Å². The summed E-state index contributed by atoms with van der Waals surface area (Å²) in [5.74, 6) is -0.594. The molecule has 1 atom stereocenters. The summed E-state index contributed by atoms with van der Waals surface area (Å²) in [4.78, 5) is 43.3. The lowest BCUT2D eigenvalue weighted by Gasteiger charge is -2.15. The number of amides is 3. The lowest BCUT2D eigenvalue weighted by molar-refractivity contribution is -0.121. The van der Waals surface area contributed by atoms with Gasteiger partial charge in [0.1, 0.15) is 0 Å². The van der Waals surface area contributed by atoms with Gasteiger partial charge in [-0.3, -0.25) is 14.4 Å². The molecule has 1 aromatic heterocycles. The zero-order chi connectivity index (χ0) is 22.9. The largest absolute Gasteiger partial charge is 0.361 e. The number of anilines is 2. The van der Waals surface area contributed by atoms with E-state index in [1.54, 1.807) is 24.3 Å². The van der Waals surface area contributed by atoms with Crippen LogP contribution in [0.15, 0.2) is 83.9 Å². The van der Waals surface area contributed by atoms with Crippen molar-refractivity contribution in [2.24, 2.45) is 0 Å². The van der Waals surface area contributed by atoms with Crippen LogP contribution in [0.25, 0.3) is 10.9 Å². The molecule has 3 amide bonds. The molecule has 0 spiro atoms. The molecule has 0 aliphatic carbocycles. The molecule has 33 heavy (non-hydrogen) atoms. The predicted octanol–water partition coefficient (Wildman–Crippen LogP) is 5.15. The second kappa shape index (κ2) is 8.60. The minimum atomic E-state index is -0.482. The standard InChI is InChI=1S/C26H21N3O3S/c1-16-3-2-4-18(13-16)25(31)28-19-6-9-21(10-7-19)33-23-15-24(30)29(26(23)32)20-8-5-17-11-12-27-22(17)14-20/h2-14,23,27H,15H2,1H3,(H,28,31). The quantitative estimate of drug-likeness (QED) is 0.408. The van der Waals surface area contributed by atoms with Gasteiger partial charge in [0.25, 0.3) is 5.91 Å². The summed E-state index contributed by atoms with van der Waals surface area (Å²) in [6.07, 6.45) is 1.98. The second-order valence-corrected chi connectivity index (χ2v) is 9.25. The first-order valence-corrected chi connectivity index (χ1v) is 11.4. The van der Waals surface area contributed by atoms with Gasteiger partial charge in [0.05, 0.1) is 10.9 Å². The molecule has 0 radical (unpaired) electrons. The third-order valence-corrected chi connectivity index (χ3v) is 6.77. The number of H-pyrrole nitrogens is 1. The van der Waals surface area contributed by atoms with Crippen LogP contribution in [-0.2, 0) is 9.59 Å². The first kappa shape index (κ1) is 21.0. The van der Waals surface area contributed by atoms with Crippen molar-refractivity contribution in [3.05, 3.63) is 90.1 Å². The molecule has 7 heteroatoms. The number of benzene rings is 3. The first-order valence-electron chi connectivity index (χ1n) is 10.6. The van der Waals surface area contributed by atoms with Gasteiger partial charge in [-0.2, -0.15) is 0 Å². The molecular weight excluding hydrogens is 434 g/mol. The van der Waals surface area contributed by atoms with Crippen LogP contribution in [0, 0.1) is 6.92 Å². The fourth-order valence-electron chi connectivity index (χ4n) is 3.91. The number of hydrogen-bond donors (Lipinski definition) is 2. The fraction of sp³-hybridized carbons (Fsp3) is 0.115. The van der Waals surface area contributed by atoms with Crippen LogP contribution >= 0.6 is 11.8 Å². The third-order valence-electron chi connectivity index (χ3n) is 5.57. The van der Waals surface area contributed by atoms with E-state index in [-0.39, 0.29) is 24.1 Å². The van der Waals surface area contributed by atoms with E-state index in [9.17, 15) is 14.4 Å². The molecule has 1 unspecified atom stereocenters. The number of nitrogens with zero attached hydrogens (tertiary/aromatic N) is 1. The lowest BCUT2D eigenvalue weighted by Crippen LogP contribution is -2.31. The van der Waals surface area contributed by atoms with E-state index in [2.05, 4.69) is 10.3 Å². The lowest BCUT2D eigenvalue weighted by atomic mass is 10.1. The van der Waals surface area contributed by atoms with Crippen LogP contribution in [0.1, 0.15) is 22.3 Å². The molecule has 6 nitrogen and oxygen atoms in total. The minimum absolute atomic E-state index is 0.151. The number of aryl methyl sites for hydroxylation is 1. The molecule has 3 aromatic carbocycles. The van der Waals surface area contributed by atoms with Gasteiger partial charge in [-0.15, -0.1) is 11.8 Å². The van der Waals surface area contributed by atoms with Crippen molar-refractivity contribution < 1.29 is 14.4 Å². The zero-order valence-corrected chi connectivity index (χ0v) is 18.7. The van der Waals surface area contributed by atoms with E-state index in [1.165, 1.54) is 16.7 Å². The van der Waals surface area contributed by atoms with Crippen molar-refractivity contribution in [1.29, 1.82) is 0 Å². The third kappa shape index (κ3) is 4.27. The number of aromatic amines is 1. The number of aromatic nitrogens is 1. The molecule has 2 N–H and O–H groups in total. The van der Waals surface area contributed by atoms with Crippen LogP contribution in [0.5, 0.6) is 0 Å². The van der Waals surface area contributed by atoms with Gasteiger partial charge in [-0.1, -0.05) is 23.8 Å². The van der Waals surface area contributed by atoms with E-state index in [1.807, 2.05) is 61.7 Å². The topological polar surface area (TPSA) is 82.3 Å². The highest BCUT2D eigenvalue weighted by Crippen LogP contribution is 2.35. The molecular formula is C26H21N3O3S. The average molecular weight is 456 g/mol. The normalized spacial score (nSPS) is 15.9. The van der Waals surface area contributed by atoms with Crippen LogP contribution in [0.3, 0.4) is 0 Å². The number of rotatable bonds is 5. The number of hydrogen-bond acceptors (Lipinski definition) is 4. The van der Waals surface area contributed by atoms with Gasteiger partial charge < -0.3 is 10.3 Å². The van der Waals surface area contributed by atoms with E-state index in [0.717, 1.165) is 21.4 Å². The molecule has 1 aliphatic rings. The predicted molar refractivity (Wildman–Crippen MR) is 131 cm³/mol. The Hall–Kier alpha value is -3.84. The Bertz CT molecular complexity index is 1380. The van der Waals surface area contributed by atoms with Gasteiger partial charge in [0.15, 0.2) is 0 Å². The van der Waals surface area contributed by atoms with Crippen molar-refractivity contribution in [1.82, 2.24) is 4.98 Å². The monoisotopic (exact) mass is 455 g/mol. The Labute approximate surface area is 195 Å². The summed E-state index contributed by atoms with van der Waals surface area (Å²) in [6.45, 7) is 1.94. The highest BCUT2D eigenvalue weighted by Gasteiger charge is 2.40. The number of fused-ring (bicyclic) bond motifs is 1. The molecule has 1 aliphatic heterocycles. The summed E-state index contributed by atoms with van der Waals surface area (Å²) >= 11 is 1.36. The summed E-state index contributed by atoms with van der Waals surface area (Å²) in [7, 11) is 0. The second-order valence-electron chi connectivity index (χ2n) is 7.98. The van der Waals surface area contributed by atoms with E-state index in [0.29, 0.717) is 16.9 Å². The maximum atomic E-state index is 13.0. The molecule has 4 aromatic rings. The fourth-order valence-corrected chi connectivity index (χ4v) is 4.97. The summed E-state index contributed by atoms with van der Waals surface area (Å²) in [6, 6.07) is 22.2. The molecule has 164 valence electrons.